The Morgan fingerprint density at radius 1 is 0.875 bits per heavy atom. The molecule has 0 aliphatic heterocycles. The first-order valence-corrected chi connectivity index (χ1v) is 13.0. The van der Waals surface area contributed by atoms with Crippen LogP contribution in [0.3, 0.4) is 0 Å². The molecule has 0 saturated carbocycles. The van der Waals surface area contributed by atoms with Crippen molar-refractivity contribution in [3.63, 3.8) is 0 Å². The summed E-state index contributed by atoms with van der Waals surface area (Å²) < 4.78 is 29.7. The molecule has 32 heavy (non-hydrogen) atoms. The number of carboxylic acids is 1. The minimum absolute atomic E-state index is 0. The first-order valence-electron chi connectivity index (χ1n) is 8.67. The van der Waals surface area contributed by atoms with Crippen molar-refractivity contribution >= 4 is 50.9 Å². The summed E-state index contributed by atoms with van der Waals surface area (Å²) in [5.74, 6) is 0.480. The summed E-state index contributed by atoms with van der Waals surface area (Å²) in [6.07, 6.45) is 6.56. The van der Waals surface area contributed by atoms with Crippen LogP contribution in [0.5, 0.6) is 11.5 Å². The molecule has 0 aliphatic carbocycles. The summed E-state index contributed by atoms with van der Waals surface area (Å²) in [5.41, 5.74) is 1.51. The van der Waals surface area contributed by atoms with E-state index >= 15 is 0 Å². The van der Waals surface area contributed by atoms with Gasteiger partial charge in [0, 0.05) is 74.0 Å². The van der Waals surface area contributed by atoms with Gasteiger partial charge in [-0.2, -0.15) is 0 Å². The number of aliphatic imine (C=N–C) groups is 1. The molecule has 0 fully saturated rings. The van der Waals surface area contributed by atoms with E-state index in [-0.39, 0.29) is 20.4 Å². The van der Waals surface area contributed by atoms with Crippen molar-refractivity contribution in [2.24, 2.45) is 4.99 Å². The number of benzene rings is 2. The number of carboxylic acid groups (broad SMARTS) is 1. The second kappa shape index (κ2) is 21.2. The van der Waals surface area contributed by atoms with Gasteiger partial charge >= 0.3 is 0 Å². The Hall–Kier alpha value is -1.64. The van der Waals surface area contributed by atoms with Crippen LogP contribution in [0.2, 0.25) is 0 Å². The zero-order valence-corrected chi connectivity index (χ0v) is 23.1. The predicted octanol–water partition coefficient (Wildman–Crippen LogP) is 3.41. The molecule has 0 saturated heterocycles. The summed E-state index contributed by atoms with van der Waals surface area (Å²) in [4.78, 5) is 13.4. The first-order chi connectivity index (χ1) is 14.5. The number of rotatable bonds is 4. The van der Waals surface area contributed by atoms with Crippen LogP contribution in [0, 0.1) is 0 Å². The van der Waals surface area contributed by atoms with Crippen LogP contribution in [0.15, 0.2) is 53.5 Å². The zero-order valence-electron chi connectivity index (χ0n) is 19.1. The average molecular weight is 595 g/mol. The Morgan fingerprint density at radius 2 is 1.22 bits per heavy atom. The normalized spacial score (nSPS) is 9.59. The van der Waals surface area contributed by atoms with Gasteiger partial charge in [0.05, 0.1) is 25.5 Å². The van der Waals surface area contributed by atoms with Crippen LogP contribution >= 0.6 is 0 Å². The topological polar surface area (TPSA) is 102 Å². The molecule has 0 amide bonds. The van der Waals surface area contributed by atoms with Crippen molar-refractivity contribution in [3.8, 4) is 11.5 Å². The van der Waals surface area contributed by atoms with E-state index in [1.807, 2.05) is 48.5 Å². The number of nitrogens with zero attached hydrogens (tertiary/aromatic N) is 1. The Morgan fingerprint density at radius 3 is 1.53 bits per heavy atom. The van der Waals surface area contributed by atoms with Crippen LogP contribution in [-0.2, 0) is 59.4 Å². The molecule has 2 aromatic carbocycles. The van der Waals surface area contributed by atoms with Gasteiger partial charge in [0.25, 0.3) is 5.97 Å². The van der Waals surface area contributed by atoms with Crippen molar-refractivity contribution in [3.05, 3.63) is 54.1 Å². The van der Waals surface area contributed by atoms with Gasteiger partial charge < -0.3 is 27.2 Å². The van der Waals surface area contributed by atoms with Gasteiger partial charge in [0.1, 0.15) is 11.5 Å². The van der Waals surface area contributed by atoms with Crippen LogP contribution in [0.4, 0.5) is 5.69 Å². The number of hydrogen-bond acceptors (Lipinski definition) is 7. The zero-order chi connectivity index (χ0) is 24.4. The fourth-order valence-corrected chi connectivity index (χ4v) is 2.04. The summed E-state index contributed by atoms with van der Waals surface area (Å²) in [6, 6.07) is 15.1. The predicted molar refractivity (Wildman–Crippen MR) is 133 cm³/mol. The van der Waals surface area contributed by atoms with E-state index in [1.165, 1.54) is 0 Å². The third-order valence-electron chi connectivity index (χ3n) is 2.63. The monoisotopic (exact) mass is 594 g/mol. The van der Waals surface area contributed by atoms with Gasteiger partial charge in [0.2, 0.25) is 0 Å². The molecular formula is C21H30NO6PdS3-. The molecule has 0 aliphatic rings. The number of methoxy groups -OCH3 is 2. The van der Waals surface area contributed by atoms with Gasteiger partial charge in [-0.1, -0.05) is 29.3 Å². The Kier molecular flexibility index (Phi) is 23.2. The summed E-state index contributed by atoms with van der Waals surface area (Å²) in [5, 5.41) is 7.86. The van der Waals surface area contributed by atoms with Crippen molar-refractivity contribution < 1.29 is 48.2 Å². The largest absolute Gasteiger partial charge is 0.759 e. The smallest absolute Gasteiger partial charge is 0.300 e. The quantitative estimate of drug-likeness (QED) is 0.250. The van der Waals surface area contributed by atoms with Gasteiger partial charge in [0.15, 0.2) is 0 Å². The molecular weight excluding hydrogens is 565 g/mol. The number of hydrogen-bond donors (Lipinski definition) is 1. The van der Waals surface area contributed by atoms with E-state index in [2.05, 4.69) is 4.99 Å². The molecule has 0 atom stereocenters. The number of para-hydroxylation sites is 1. The van der Waals surface area contributed by atoms with Gasteiger partial charge in [-0.15, -0.1) is 0 Å². The molecule has 0 bridgehead atoms. The van der Waals surface area contributed by atoms with E-state index in [9.17, 15) is 8.42 Å². The van der Waals surface area contributed by atoms with Gasteiger partial charge in [-0.25, -0.2) is 0 Å². The summed E-state index contributed by atoms with van der Waals surface area (Å²) >= 11 is 5.38. The molecule has 2 aromatic rings. The van der Waals surface area contributed by atoms with E-state index in [1.54, 1.807) is 39.2 Å². The van der Waals surface area contributed by atoms with Crippen molar-refractivity contribution in [1.29, 1.82) is 0 Å². The second-order valence-corrected chi connectivity index (χ2v) is 9.15. The molecule has 0 aromatic heterocycles. The third-order valence-corrected chi connectivity index (χ3v) is 2.92. The van der Waals surface area contributed by atoms with E-state index < -0.39 is 27.6 Å². The Balaban J connectivity index is -0.000000539. The third kappa shape index (κ3) is 20.3. The molecule has 1 N–H and O–H groups in total. The molecule has 0 radical (unpaired) electrons. The maximum absolute atomic E-state index is 9.56. The molecule has 0 heterocycles. The van der Waals surface area contributed by atoms with Crippen LogP contribution in [0.1, 0.15) is 12.5 Å². The van der Waals surface area contributed by atoms with Crippen LogP contribution in [-0.4, -0.2) is 63.8 Å². The van der Waals surface area contributed by atoms with Crippen molar-refractivity contribution in [2.75, 3.05) is 39.2 Å². The molecule has 2 rings (SSSR count). The van der Waals surface area contributed by atoms with E-state index in [0.717, 1.165) is 12.6 Å². The standard InChI is InChI=1S/C15H15NO2S.C2H4O2.2C2H6OS.Pd/c1-17-12-9-6-10-13(18-2)14(12)15(19)16-11-7-4-3-5-8-11;1-2(3)4;2*1-4(2)3;/h3-10H,1-2H3,(H,16,19);1H3,(H,3,4);2*1-2H3;/p-1. The fourth-order valence-electron chi connectivity index (χ4n) is 1.74. The molecule has 0 unspecified atom stereocenters. The SMILES string of the molecule is CC(=O)O.COc1cccc(OC)c1C([S-])=Nc1ccccc1.CS(C)=O.CS(C)=O.[Pd]. The molecule has 184 valence electrons. The van der Waals surface area contributed by atoms with E-state index in [0.29, 0.717) is 22.1 Å². The molecule has 0 spiro atoms. The van der Waals surface area contributed by atoms with Crippen molar-refractivity contribution in [2.45, 2.75) is 6.92 Å². The second-order valence-electron chi connectivity index (χ2n) is 5.79. The maximum atomic E-state index is 9.56. The van der Waals surface area contributed by atoms with E-state index in [4.69, 9.17) is 32.0 Å². The Bertz CT molecular complexity index is 801. The minimum atomic E-state index is -0.833. The van der Waals surface area contributed by atoms with Crippen LogP contribution < -0.4 is 9.47 Å². The Labute approximate surface area is 215 Å². The van der Waals surface area contributed by atoms with Gasteiger partial charge in [-0.3, -0.25) is 18.2 Å². The number of ether oxygens (including phenoxy) is 2. The first kappa shape index (κ1) is 35.0. The molecule has 7 nitrogen and oxygen atoms in total. The van der Waals surface area contributed by atoms with Crippen LogP contribution in [0.25, 0.3) is 0 Å². The van der Waals surface area contributed by atoms with Gasteiger partial charge in [-0.05, 0) is 24.3 Å². The number of aliphatic carboxylic acids is 1. The molecule has 11 heteroatoms. The van der Waals surface area contributed by atoms with Crippen molar-refractivity contribution in [1.82, 2.24) is 0 Å². The fraction of sp³-hybridized carbons (Fsp3) is 0.333. The average Bonchev–Trinajstić information content (AvgIpc) is 2.66. The summed E-state index contributed by atoms with van der Waals surface area (Å²) in [6.45, 7) is 1.08. The maximum Gasteiger partial charge on any atom is 0.300 e. The number of carbonyl (C=O) groups is 1. The minimum Gasteiger partial charge on any atom is -0.759 e. The summed E-state index contributed by atoms with van der Waals surface area (Å²) in [7, 11) is 1.98.